The van der Waals surface area contributed by atoms with Gasteiger partial charge in [0.2, 0.25) is 0 Å². The van der Waals surface area contributed by atoms with E-state index in [9.17, 15) is 4.57 Å². The lowest BCUT2D eigenvalue weighted by Gasteiger charge is -2.25. The van der Waals surface area contributed by atoms with Crippen molar-refractivity contribution in [2.75, 3.05) is 13.2 Å². The van der Waals surface area contributed by atoms with Gasteiger partial charge >= 0.3 is 7.60 Å². The average molecular weight is 382 g/mol. The third-order valence-corrected chi connectivity index (χ3v) is 9.39. The molecule has 0 aliphatic carbocycles. The van der Waals surface area contributed by atoms with Crippen molar-refractivity contribution in [3.05, 3.63) is 66.2 Å². The first-order chi connectivity index (χ1) is 11.7. The van der Waals surface area contributed by atoms with Crippen molar-refractivity contribution in [2.45, 2.75) is 28.8 Å². The maximum absolute atomic E-state index is 13.3. The fraction of sp³-hybridized carbons (Fsp3) is 0.333. The Balaban J connectivity index is 2.17. The third-order valence-electron chi connectivity index (χ3n) is 3.09. The Morgan fingerprint density at radius 1 is 0.917 bits per heavy atom. The molecule has 6 heteroatoms. The van der Waals surface area contributed by atoms with Gasteiger partial charge in [0.1, 0.15) is 0 Å². The molecule has 1 unspecified atom stereocenters. The summed E-state index contributed by atoms with van der Waals surface area (Å²) in [5.41, 5.74) is 1.20. The molecule has 130 valence electrons. The largest absolute Gasteiger partial charge is 0.353 e. The minimum absolute atomic E-state index is 0.306. The van der Waals surface area contributed by atoms with Gasteiger partial charge in [0.25, 0.3) is 0 Å². The van der Waals surface area contributed by atoms with Crippen molar-refractivity contribution in [1.29, 1.82) is 0 Å². The Morgan fingerprint density at radius 3 is 2.00 bits per heavy atom. The highest BCUT2D eigenvalue weighted by Crippen LogP contribution is 2.62. The van der Waals surface area contributed by atoms with Crippen LogP contribution >= 0.6 is 31.1 Å². The normalized spacial score (nSPS) is 12.9. The van der Waals surface area contributed by atoms with E-state index in [1.54, 1.807) is 23.5 Å². The zero-order valence-electron chi connectivity index (χ0n) is 14.0. The quantitative estimate of drug-likeness (QED) is 0.275. The molecular formula is C18H23O3PS2. The third kappa shape index (κ3) is 5.98. The van der Waals surface area contributed by atoms with Gasteiger partial charge in [0.15, 0.2) is 4.32 Å². The lowest BCUT2D eigenvalue weighted by atomic mass is 10.2. The molecule has 0 amide bonds. The molecule has 2 aromatic carbocycles. The van der Waals surface area contributed by atoms with Crippen molar-refractivity contribution in [2.24, 2.45) is 0 Å². The Hall–Kier alpha value is -0.710. The Bertz CT molecular complexity index is 627. The summed E-state index contributed by atoms with van der Waals surface area (Å²) in [6.07, 6.45) is 0. The first kappa shape index (κ1) is 19.6. The Morgan fingerprint density at radius 2 is 1.46 bits per heavy atom. The second-order valence-corrected chi connectivity index (χ2v) is 10.3. The van der Waals surface area contributed by atoms with Crippen LogP contribution < -0.4 is 0 Å². The molecule has 1 atom stereocenters. The van der Waals surface area contributed by atoms with Crippen LogP contribution in [0.2, 0.25) is 0 Å². The molecule has 0 N–H and O–H groups in total. The molecule has 0 fully saturated rings. The second kappa shape index (κ2) is 10.3. The van der Waals surface area contributed by atoms with E-state index >= 15 is 0 Å². The molecule has 0 aromatic heterocycles. The van der Waals surface area contributed by atoms with E-state index in [4.69, 9.17) is 9.05 Å². The topological polar surface area (TPSA) is 35.5 Å². The van der Waals surface area contributed by atoms with E-state index < -0.39 is 7.60 Å². The van der Waals surface area contributed by atoms with Gasteiger partial charge in [-0.2, -0.15) is 0 Å². The van der Waals surface area contributed by atoms with Gasteiger partial charge in [-0.25, -0.2) is 0 Å². The molecule has 2 rings (SSSR count). The van der Waals surface area contributed by atoms with Gasteiger partial charge in [0, 0.05) is 10.6 Å². The zero-order chi connectivity index (χ0) is 17.3. The average Bonchev–Trinajstić information content (AvgIpc) is 2.61. The van der Waals surface area contributed by atoms with Gasteiger partial charge in [-0.05, 0) is 31.5 Å². The summed E-state index contributed by atoms with van der Waals surface area (Å²) in [6.45, 7) is 4.43. The Labute approximate surface area is 153 Å². The molecule has 0 aliphatic rings. The molecule has 0 saturated heterocycles. The number of hydrogen-bond acceptors (Lipinski definition) is 5. The van der Waals surface area contributed by atoms with Crippen molar-refractivity contribution < 1.29 is 13.6 Å². The number of thioether (sulfide) groups is 2. The Kier molecular flexibility index (Phi) is 8.43. The molecule has 3 nitrogen and oxygen atoms in total. The van der Waals surface area contributed by atoms with Crippen LogP contribution in [0.4, 0.5) is 0 Å². The van der Waals surface area contributed by atoms with Gasteiger partial charge in [0.05, 0.1) is 13.2 Å². The van der Waals surface area contributed by atoms with E-state index in [1.165, 1.54) is 5.56 Å². The smallest absolute Gasteiger partial charge is 0.308 e. The van der Waals surface area contributed by atoms with Crippen molar-refractivity contribution in [1.82, 2.24) is 0 Å². The summed E-state index contributed by atoms with van der Waals surface area (Å²) in [4.78, 5) is 1.06. The fourth-order valence-electron chi connectivity index (χ4n) is 2.07. The summed E-state index contributed by atoms with van der Waals surface area (Å²) in [6, 6.07) is 20.1. The van der Waals surface area contributed by atoms with E-state index in [0.29, 0.717) is 13.2 Å². The molecule has 0 bridgehead atoms. The summed E-state index contributed by atoms with van der Waals surface area (Å²) < 4.78 is 24.1. The minimum atomic E-state index is -3.21. The van der Waals surface area contributed by atoms with Gasteiger partial charge in [-0.1, -0.05) is 60.3 Å². The molecule has 24 heavy (non-hydrogen) atoms. The van der Waals surface area contributed by atoms with Crippen LogP contribution in [0.3, 0.4) is 0 Å². The van der Waals surface area contributed by atoms with Gasteiger partial charge < -0.3 is 9.05 Å². The van der Waals surface area contributed by atoms with Crippen molar-refractivity contribution >= 4 is 31.1 Å². The molecular weight excluding hydrogens is 359 g/mol. The minimum Gasteiger partial charge on any atom is -0.308 e. The highest BCUT2D eigenvalue weighted by Gasteiger charge is 2.37. The molecule has 0 radical (unpaired) electrons. The lowest BCUT2D eigenvalue weighted by Crippen LogP contribution is -2.07. The first-order valence-electron chi connectivity index (χ1n) is 7.94. The number of benzene rings is 2. The summed E-state index contributed by atoms with van der Waals surface area (Å²) in [5.74, 6) is 0.759. The first-order valence-corrected chi connectivity index (χ1v) is 11.5. The summed E-state index contributed by atoms with van der Waals surface area (Å²) in [5, 5.41) is 0. The summed E-state index contributed by atoms with van der Waals surface area (Å²) in [7, 11) is -3.21. The standard InChI is InChI=1S/C18H23O3PS2/c1-3-20-22(19,21-4-2)18(24-17-13-9-6-10-14-17)23-15-16-11-7-5-8-12-16/h5-14,18H,3-4,15H2,1-2H3. The molecule has 0 spiro atoms. The maximum Gasteiger partial charge on any atom is 0.353 e. The predicted molar refractivity (Wildman–Crippen MR) is 105 cm³/mol. The van der Waals surface area contributed by atoms with E-state index in [0.717, 1.165) is 10.6 Å². The molecule has 2 aromatic rings. The number of hydrogen-bond donors (Lipinski definition) is 0. The van der Waals surface area contributed by atoms with Gasteiger partial charge in [-0.3, -0.25) is 4.57 Å². The van der Waals surface area contributed by atoms with Crippen LogP contribution in [0.5, 0.6) is 0 Å². The lowest BCUT2D eigenvalue weighted by molar-refractivity contribution is 0.222. The second-order valence-electron chi connectivity index (χ2n) is 4.91. The van der Waals surface area contributed by atoms with E-state index in [-0.39, 0.29) is 4.32 Å². The van der Waals surface area contributed by atoms with Crippen LogP contribution in [0.15, 0.2) is 65.6 Å². The molecule has 0 saturated carbocycles. The van der Waals surface area contributed by atoms with Crippen LogP contribution in [0.25, 0.3) is 0 Å². The van der Waals surface area contributed by atoms with E-state index in [1.807, 2.05) is 62.4 Å². The van der Waals surface area contributed by atoms with E-state index in [2.05, 4.69) is 12.1 Å². The van der Waals surface area contributed by atoms with Crippen LogP contribution in [-0.4, -0.2) is 17.5 Å². The monoisotopic (exact) mass is 382 g/mol. The highest BCUT2D eigenvalue weighted by atomic mass is 32.2. The number of rotatable bonds is 10. The van der Waals surface area contributed by atoms with Gasteiger partial charge in [-0.15, -0.1) is 11.8 Å². The van der Waals surface area contributed by atoms with Crippen molar-refractivity contribution in [3.8, 4) is 0 Å². The predicted octanol–water partition coefficient (Wildman–Crippen LogP) is 6.26. The van der Waals surface area contributed by atoms with Crippen LogP contribution in [-0.2, 0) is 19.4 Å². The van der Waals surface area contributed by atoms with Crippen molar-refractivity contribution in [3.63, 3.8) is 0 Å². The zero-order valence-corrected chi connectivity index (χ0v) is 16.5. The fourth-order valence-corrected chi connectivity index (χ4v) is 7.55. The maximum atomic E-state index is 13.3. The van der Waals surface area contributed by atoms with Crippen LogP contribution in [0.1, 0.15) is 19.4 Å². The molecule has 0 aliphatic heterocycles. The van der Waals surface area contributed by atoms with Crippen LogP contribution in [0, 0.1) is 0 Å². The summed E-state index contributed by atoms with van der Waals surface area (Å²) >= 11 is 3.15. The highest BCUT2D eigenvalue weighted by molar-refractivity contribution is 8.23. The SMILES string of the molecule is CCOP(=O)(OCC)C(SCc1ccccc1)Sc1ccccc1. The molecule has 0 heterocycles.